The molecular weight excluding hydrogens is 148 g/mol. The summed E-state index contributed by atoms with van der Waals surface area (Å²) < 4.78 is 0. The van der Waals surface area contributed by atoms with Crippen molar-refractivity contribution in [3.05, 3.63) is 12.2 Å². The molecule has 12 heavy (non-hydrogen) atoms. The molecule has 1 fully saturated rings. The molecule has 0 heterocycles. The van der Waals surface area contributed by atoms with Gasteiger partial charge in [-0.1, -0.05) is 18.6 Å². The van der Waals surface area contributed by atoms with Crippen LogP contribution in [0.15, 0.2) is 12.2 Å². The molecule has 0 spiro atoms. The SMILES string of the molecule is C[C@@]1(O)CCC=C[C@H]2CCC[C@@H]21. The van der Waals surface area contributed by atoms with E-state index in [2.05, 4.69) is 12.2 Å². The number of fused-ring (bicyclic) bond motifs is 1. The Labute approximate surface area is 74.5 Å². The van der Waals surface area contributed by atoms with Crippen LogP contribution in [0.2, 0.25) is 0 Å². The average Bonchev–Trinajstić information content (AvgIpc) is 2.42. The monoisotopic (exact) mass is 166 g/mol. The summed E-state index contributed by atoms with van der Waals surface area (Å²) in [6, 6.07) is 0. The summed E-state index contributed by atoms with van der Waals surface area (Å²) >= 11 is 0. The van der Waals surface area contributed by atoms with Gasteiger partial charge >= 0.3 is 0 Å². The molecule has 0 aromatic rings. The molecule has 0 aromatic carbocycles. The van der Waals surface area contributed by atoms with Gasteiger partial charge in [-0.05, 0) is 44.4 Å². The second kappa shape index (κ2) is 2.88. The van der Waals surface area contributed by atoms with Crippen LogP contribution in [0.25, 0.3) is 0 Å². The van der Waals surface area contributed by atoms with E-state index in [9.17, 15) is 5.11 Å². The Bertz CT molecular complexity index is 193. The zero-order valence-corrected chi connectivity index (χ0v) is 7.79. The highest BCUT2D eigenvalue weighted by Crippen LogP contribution is 2.43. The third-order valence-corrected chi connectivity index (χ3v) is 3.57. The van der Waals surface area contributed by atoms with E-state index in [4.69, 9.17) is 0 Å². The molecule has 0 aromatic heterocycles. The van der Waals surface area contributed by atoms with Gasteiger partial charge < -0.3 is 5.11 Å². The van der Waals surface area contributed by atoms with Crippen molar-refractivity contribution >= 4 is 0 Å². The molecule has 0 amide bonds. The number of hydrogen-bond donors (Lipinski definition) is 1. The molecule has 2 rings (SSSR count). The van der Waals surface area contributed by atoms with Crippen LogP contribution in [0, 0.1) is 11.8 Å². The van der Waals surface area contributed by atoms with E-state index in [1.165, 1.54) is 19.3 Å². The van der Waals surface area contributed by atoms with E-state index in [-0.39, 0.29) is 0 Å². The molecule has 68 valence electrons. The summed E-state index contributed by atoms with van der Waals surface area (Å²) in [6.07, 6.45) is 10.4. The highest BCUT2D eigenvalue weighted by molar-refractivity contribution is 5.04. The lowest BCUT2D eigenvalue weighted by molar-refractivity contribution is -0.0140. The maximum atomic E-state index is 10.2. The van der Waals surface area contributed by atoms with Gasteiger partial charge in [-0.25, -0.2) is 0 Å². The highest BCUT2D eigenvalue weighted by Gasteiger charge is 2.39. The van der Waals surface area contributed by atoms with E-state index in [1.807, 2.05) is 6.92 Å². The number of hydrogen-bond acceptors (Lipinski definition) is 1. The van der Waals surface area contributed by atoms with E-state index in [0.29, 0.717) is 11.8 Å². The lowest BCUT2D eigenvalue weighted by Crippen LogP contribution is -2.35. The van der Waals surface area contributed by atoms with Crippen molar-refractivity contribution in [2.75, 3.05) is 0 Å². The largest absolute Gasteiger partial charge is 0.390 e. The van der Waals surface area contributed by atoms with Crippen LogP contribution in [0.1, 0.15) is 39.0 Å². The van der Waals surface area contributed by atoms with Gasteiger partial charge in [0, 0.05) is 0 Å². The van der Waals surface area contributed by atoms with Crippen LogP contribution in [-0.2, 0) is 0 Å². The van der Waals surface area contributed by atoms with E-state index < -0.39 is 5.60 Å². The van der Waals surface area contributed by atoms with Gasteiger partial charge in [-0.3, -0.25) is 0 Å². The Morgan fingerprint density at radius 3 is 3.08 bits per heavy atom. The standard InChI is InChI=1S/C11H18O/c1-11(12)8-3-2-5-9-6-4-7-10(9)11/h2,5,9-10,12H,3-4,6-8H2,1H3/t9-,10-,11+/m0/s1. The van der Waals surface area contributed by atoms with Crippen molar-refractivity contribution in [3.63, 3.8) is 0 Å². The fraction of sp³-hybridized carbons (Fsp3) is 0.818. The van der Waals surface area contributed by atoms with Crippen molar-refractivity contribution < 1.29 is 5.11 Å². The van der Waals surface area contributed by atoms with Crippen LogP contribution in [-0.4, -0.2) is 10.7 Å². The van der Waals surface area contributed by atoms with Crippen molar-refractivity contribution in [2.24, 2.45) is 11.8 Å². The van der Waals surface area contributed by atoms with Crippen LogP contribution < -0.4 is 0 Å². The Morgan fingerprint density at radius 2 is 2.25 bits per heavy atom. The molecule has 1 heteroatoms. The van der Waals surface area contributed by atoms with Gasteiger partial charge in [0.05, 0.1) is 5.60 Å². The first kappa shape index (κ1) is 8.31. The summed E-state index contributed by atoms with van der Waals surface area (Å²) in [6.45, 7) is 2.02. The van der Waals surface area contributed by atoms with Crippen molar-refractivity contribution in [3.8, 4) is 0 Å². The fourth-order valence-corrected chi connectivity index (χ4v) is 2.82. The van der Waals surface area contributed by atoms with Gasteiger partial charge in [-0.15, -0.1) is 0 Å². The molecule has 3 atom stereocenters. The fourth-order valence-electron chi connectivity index (χ4n) is 2.82. The minimum Gasteiger partial charge on any atom is -0.390 e. The number of aliphatic hydroxyl groups is 1. The summed E-state index contributed by atoms with van der Waals surface area (Å²) in [7, 11) is 0. The Balaban J connectivity index is 2.20. The molecule has 1 nitrogen and oxygen atoms in total. The van der Waals surface area contributed by atoms with E-state index in [0.717, 1.165) is 12.8 Å². The molecule has 2 aliphatic carbocycles. The Kier molecular flexibility index (Phi) is 1.99. The number of rotatable bonds is 0. The molecule has 0 aliphatic heterocycles. The highest BCUT2D eigenvalue weighted by atomic mass is 16.3. The van der Waals surface area contributed by atoms with Gasteiger partial charge in [0.2, 0.25) is 0 Å². The third kappa shape index (κ3) is 1.31. The zero-order chi connectivity index (χ0) is 8.60. The van der Waals surface area contributed by atoms with Crippen LogP contribution in [0.4, 0.5) is 0 Å². The van der Waals surface area contributed by atoms with Gasteiger partial charge in [0.25, 0.3) is 0 Å². The molecule has 2 aliphatic rings. The first-order valence-electron chi connectivity index (χ1n) is 5.09. The number of allylic oxidation sites excluding steroid dienone is 2. The normalized spacial score (nSPS) is 47.2. The van der Waals surface area contributed by atoms with Gasteiger partial charge in [0.15, 0.2) is 0 Å². The van der Waals surface area contributed by atoms with Crippen LogP contribution in [0.5, 0.6) is 0 Å². The molecule has 0 bridgehead atoms. The molecule has 0 radical (unpaired) electrons. The Hall–Kier alpha value is -0.300. The molecule has 0 saturated heterocycles. The van der Waals surface area contributed by atoms with Crippen LogP contribution in [0.3, 0.4) is 0 Å². The topological polar surface area (TPSA) is 20.2 Å². The molecule has 1 saturated carbocycles. The molecular formula is C11H18O. The predicted octanol–water partition coefficient (Wildman–Crippen LogP) is 2.50. The maximum absolute atomic E-state index is 10.2. The minimum absolute atomic E-state index is 0.398. The van der Waals surface area contributed by atoms with E-state index in [1.54, 1.807) is 0 Å². The summed E-state index contributed by atoms with van der Waals surface area (Å²) in [4.78, 5) is 0. The third-order valence-electron chi connectivity index (χ3n) is 3.57. The predicted molar refractivity (Wildman–Crippen MR) is 49.8 cm³/mol. The van der Waals surface area contributed by atoms with Gasteiger partial charge in [-0.2, -0.15) is 0 Å². The van der Waals surface area contributed by atoms with E-state index >= 15 is 0 Å². The summed E-state index contributed by atoms with van der Waals surface area (Å²) in [5.41, 5.74) is -0.398. The first-order chi connectivity index (χ1) is 5.70. The minimum atomic E-state index is -0.398. The average molecular weight is 166 g/mol. The van der Waals surface area contributed by atoms with Crippen LogP contribution >= 0.6 is 0 Å². The Morgan fingerprint density at radius 1 is 1.42 bits per heavy atom. The lowest BCUT2D eigenvalue weighted by atomic mass is 9.80. The quantitative estimate of drug-likeness (QED) is 0.548. The summed E-state index contributed by atoms with van der Waals surface area (Å²) in [5.74, 6) is 1.21. The lowest BCUT2D eigenvalue weighted by Gasteiger charge is -2.31. The van der Waals surface area contributed by atoms with Gasteiger partial charge in [0.1, 0.15) is 0 Å². The maximum Gasteiger partial charge on any atom is 0.0656 e. The second-order valence-electron chi connectivity index (χ2n) is 4.53. The molecule has 0 unspecified atom stereocenters. The smallest absolute Gasteiger partial charge is 0.0656 e. The molecule has 1 N–H and O–H groups in total. The first-order valence-corrected chi connectivity index (χ1v) is 5.09. The second-order valence-corrected chi connectivity index (χ2v) is 4.53. The summed E-state index contributed by atoms with van der Waals surface area (Å²) in [5, 5.41) is 10.2. The zero-order valence-electron chi connectivity index (χ0n) is 7.79. The van der Waals surface area contributed by atoms with Crippen molar-refractivity contribution in [2.45, 2.75) is 44.6 Å². The van der Waals surface area contributed by atoms with Crippen molar-refractivity contribution in [1.29, 1.82) is 0 Å². The van der Waals surface area contributed by atoms with Crippen molar-refractivity contribution in [1.82, 2.24) is 0 Å².